The van der Waals surface area contributed by atoms with Crippen molar-refractivity contribution in [1.82, 2.24) is 0 Å². The second-order valence-electron chi connectivity index (χ2n) is 11.2. The van der Waals surface area contributed by atoms with E-state index < -0.39 is 129 Å². The molecule has 4 fully saturated rings. The van der Waals surface area contributed by atoms with E-state index in [1.165, 1.54) is 0 Å². The molecule has 1 aliphatic carbocycles. The fraction of sp³-hybridized carbons (Fsp3) is 1.00. The fourth-order valence-electron chi connectivity index (χ4n) is 5.70. The molecule has 19 atom stereocenters. The van der Waals surface area contributed by atoms with Gasteiger partial charge in [0.25, 0.3) is 0 Å². The number of ether oxygens (including phenoxy) is 6. The molecule has 246 valence electrons. The average Bonchev–Trinajstić information content (AvgIpc) is 3.27. The number of aliphatic hydroxyl groups excluding tert-OH is 8. The van der Waals surface area contributed by atoms with E-state index in [-0.39, 0.29) is 13.0 Å². The SMILES string of the molecule is NC[C@@H]1O[C@H](O[C@@H]2[C@H](O)[C@H](O[C@@H]3[C@H](O)[C@H](N)C[C@H](N)[C@@H]3O[C@@H]3O[C@H](CO)[C@H](O)[C@H](O)[C@@H]3N)O[C@@H]2CO)[C@H](N)[C@@H](O)[C@H]1O. The Kier molecular flexibility index (Phi) is 11.5. The molecule has 0 unspecified atom stereocenters. The van der Waals surface area contributed by atoms with Crippen molar-refractivity contribution in [3.05, 3.63) is 0 Å². The molecule has 18 N–H and O–H groups in total. The molecule has 0 aromatic rings. The Labute approximate surface area is 240 Å². The van der Waals surface area contributed by atoms with Gasteiger partial charge in [0.1, 0.15) is 67.1 Å². The normalized spacial score (nSPS) is 53.8. The standard InChI is InChI=1S/C23H45N5O14/c24-2-7-13(32)15(34)10(27)21(37-7)41-19-9(4-30)39-23(17(19)36)42-20-12(31)5(25)1-6(26)18(20)40-22-11(28)16(35)14(33)8(3-29)38-22/h5-23,29-36H,1-4,24-28H2/t5-,6+,7+,8-,9-,10-,11+,12-,13+,14+,15-,16-,17+,18+,19+,20-,21-,22+,23+/m1/s1. The van der Waals surface area contributed by atoms with E-state index >= 15 is 0 Å². The molecule has 0 radical (unpaired) electrons. The molecular weight excluding hydrogens is 570 g/mol. The first-order valence-corrected chi connectivity index (χ1v) is 13.8. The van der Waals surface area contributed by atoms with Gasteiger partial charge < -0.3 is 97.9 Å². The van der Waals surface area contributed by atoms with Gasteiger partial charge in [-0.2, -0.15) is 0 Å². The Morgan fingerprint density at radius 2 is 1.00 bits per heavy atom. The number of aliphatic hydroxyl groups is 8. The highest BCUT2D eigenvalue weighted by Gasteiger charge is 2.54. The first-order chi connectivity index (χ1) is 19.8. The van der Waals surface area contributed by atoms with Crippen LogP contribution in [-0.2, 0) is 28.4 Å². The van der Waals surface area contributed by atoms with E-state index in [9.17, 15) is 40.9 Å². The Hall–Kier alpha value is -0.760. The number of hydrogen-bond acceptors (Lipinski definition) is 19. The van der Waals surface area contributed by atoms with Crippen LogP contribution in [0.25, 0.3) is 0 Å². The molecule has 0 aromatic heterocycles. The van der Waals surface area contributed by atoms with Gasteiger partial charge in [-0.15, -0.1) is 0 Å². The van der Waals surface area contributed by atoms with Gasteiger partial charge >= 0.3 is 0 Å². The van der Waals surface area contributed by atoms with E-state index in [1.54, 1.807) is 0 Å². The first-order valence-electron chi connectivity index (χ1n) is 13.8. The number of hydrogen-bond donors (Lipinski definition) is 13. The fourth-order valence-corrected chi connectivity index (χ4v) is 5.70. The monoisotopic (exact) mass is 615 g/mol. The second kappa shape index (κ2) is 14.1. The average molecular weight is 616 g/mol. The van der Waals surface area contributed by atoms with E-state index in [1.807, 2.05) is 0 Å². The van der Waals surface area contributed by atoms with Crippen molar-refractivity contribution in [2.24, 2.45) is 28.7 Å². The number of rotatable bonds is 9. The van der Waals surface area contributed by atoms with E-state index in [2.05, 4.69) is 0 Å². The third kappa shape index (κ3) is 6.60. The molecule has 3 heterocycles. The van der Waals surface area contributed by atoms with Crippen LogP contribution < -0.4 is 28.7 Å². The predicted octanol–water partition coefficient (Wildman–Crippen LogP) is -8.86. The Morgan fingerprint density at radius 1 is 0.524 bits per heavy atom. The highest BCUT2D eigenvalue weighted by molar-refractivity contribution is 5.02. The maximum atomic E-state index is 11.1. The summed E-state index contributed by atoms with van der Waals surface area (Å²) >= 11 is 0. The van der Waals surface area contributed by atoms with Crippen LogP contribution in [0.4, 0.5) is 0 Å². The lowest BCUT2D eigenvalue weighted by Gasteiger charge is -2.47. The Balaban J connectivity index is 1.50. The molecule has 42 heavy (non-hydrogen) atoms. The zero-order valence-electron chi connectivity index (χ0n) is 22.7. The summed E-state index contributed by atoms with van der Waals surface area (Å²) in [5.74, 6) is 0. The van der Waals surface area contributed by atoms with Crippen LogP contribution in [0.3, 0.4) is 0 Å². The molecule has 3 saturated heterocycles. The van der Waals surface area contributed by atoms with Crippen LogP contribution >= 0.6 is 0 Å². The quantitative estimate of drug-likeness (QED) is 0.114. The molecule has 0 aromatic carbocycles. The largest absolute Gasteiger partial charge is 0.394 e. The molecule has 19 heteroatoms. The van der Waals surface area contributed by atoms with Crippen molar-refractivity contribution in [3.63, 3.8) is 0 Å². The second-order valence-corrected chi connectivity index (χ2v) is 11.2. The van der Waals surface area contributed by atoms with Crippen molar-refractivity contribution in [1.29, 1.82) is 0 Å². The Morgan fingerprint density at radius 3 is 1.55 bits per heavy atom. The lowest BCUT2D eigenvalue weighted by Crippen LogP contribution is -2.68. The van der Waals surface area contributed by atoms with Crippen molar-refractivity contribution in [2.75, 3.05) is 19.8 Å². The van der Waals surface area contributed by atoms with Gasteiger partial charge in [-0.05, 0) is 6.42 Å². The summed E-state index contributed by atoms with van der Waals surface area (Å²) in [6, 6.07) is -4.30. The lowest BCUT2D eigenvalue weighted by molar-refractivity contribution is -0.310. The van der Waals surface area contributed by atoms with Crippen molar-refractivity contribution in [3.8, 4) is 0 Å². The first kappa shape index (κ1) is 34.1. The molecule has 1 saturated carbocycles. The summed E-state index contributed by atoms with van der Waals surface area (Å²) < 4.78 is 34.4. The molecule has 0 amide bonds. The molecule has 3 aliphatic heterocycles. The molecular formula is C23H45N5O14. The van der Waals surface area contributed by atoms with Crippen LogP contribution in [-0.4, -0.2) is 177 Å². The maximum absolute atomic E-state index is 11.1. The topological polar surface area (TPSA) is 347 Å². The minimum absolute atomic E-state index is 0.0642. The van der Waals surface area contributed by atoms with Gasteiger partial charge in [-0.3, -0.25) is 0 Å². The van der Waals surface area contributed by atoms with Crippen LogP contribution in [0, 0.1) is 0 Å². The van der Waals surface area contributed by atoms with Crippen LogP contribution in [0.2, 0.25) is 0 Å². The lowest BCUT2D eigenvalue weighted by atomic mass is 9.84. The Bertz CT molecular complexity index is 866. The third-order valence-electron chi connectivity index (χ3n) is 8.32. The third-order valence-corrected chi connectivity index (χ3v) is 8.32. The van der Waals surface area contributed by atoms with Gasteiger partial charge in [-0.1, -0.05) is 0 Å². The molecule has 4 aliphatic rings. The molecule has 4 rings (SSSR count). The summed E-state index contributed by atoms with van der Waals surface area (Å²) in [6.07, 6.45) is -20.5. The molecule has 19 nitrogen and oxygen atoms in total. The van der Waals surface area contributed by atoms with Gasteiger partial charge in [0.15, 0.2) is 18.9 Å². The maximum Gasteiger partial charge on any atom is 0.187 e. The summed E-state index contributed by atoms with van der Waals surface area (Å²) in [5, 5.41) is 82.3. The van der Waals surface area contributed by atoms with Crippen LogP contribution in [0.5, 0.6) is 0 Å². The van der Waals surface area contributed by atoms with E-state index in [4.69, 9.17) is 57.1 Å². The van der Waals surface area contributed by atoms with Gasteiger partial charge in [0.2, 0.25) is 0 Å². The highest BCUT2D eigenvalue weighted by atomic mass is 16.8. The molecule has 0 spiro atoms. The summed E-state index contributed by atoms with van der Waals surface area (Å²) in [4.78, 5) is 0. The van der Waals surface area contributed by atoms with Crippen molar-refractivity contribution < 1.29 is 69.3 Å². The minimum Gasteiger partial charge on any atom is -0.394 e. The zero-order valence-corrected chi connectivity index (χ0v) is 22.7. The van der Waals surface area contributed by atoms with Crippen LogP contribution in [0.1, 0.15) is 6.42 Å². The zero-order chi connectivity index (χ0) is 31.0. The number of nitrogens with two attached hydrogens (primary N) is 5. The highest BCUT2D eigenvalue weighted by Crippen LogP contribution is 2.34. The smallest absolute Gasteiger partial charge is 0.187 e. The summed E-state index contributed by atoms with van der Waals surface area (Å²) in [7, 11) is 0. The summed E-state index contributed by atoms with van der Waals surface area (Å²) in [6.45, 7) is -1.49. The van der Waals surface area contributed by atoms with Crippen LogP contribution in [0.15, 0.2) is 0 Å². The molecule has 0 bridgehead atoms. The van der Waals surface area contributed by atoms with Gasteiger partial charge in [0, 0.05) is 18.6 Å². The minimum atomic E-state index is -1.62. The predicted molar refractivity (Wildman–Crippen MR) is 136 cm³/mol. The van der Waals surface area contributed by atoms with E-state index in [0.29, 0.717) is 0 Å². The van der Waals surface area contributed by atoms with Crippen molar-refractivity contribution >= 4 is 0 Å². The van der Waals surface area contributed by atoms with Gasteiger partial charge in [-0.25, -0.2) is 0 Å². The van der Waals surface area contributed by atoms with E-state index in [0.717, 1.165) is 0 Å². The van der Waals surface area contributed by atoms with Crippen molar-refractivity contribution in [2.45, 2.75) is 123 Å². The van der Waals surface area contributed by atoms with Gasteiger partial charge in [0.05, 0.1) is 31.4 Å². The summed E-state index contributed by atoms with van der Waals surface area (Å²) in [5.41, 5.74) is 29.9.